The summed E-state index contributed by atoms with van der Waals surface area (Å²) in [6, 6.07) is 11.1. The summed E-state index contributed by atoms with van der Waals surface area (Å²) in [6.07, 6.45) is 4.58. The van der Waals surface area contributed by atoms with Crippen molar-refractivity contribution in [2.24, 2.45) is 0 Å². The van der Waals surface area contributed by atoms with E-state index in [4.69, 9.17) is 9.47 Å². The van der Waals surface area contributed by atoms with Crippen LogP contribution in [-0.4, -0.2) is 34.5 Å². The molecule has 1 saturated heterocycles. The normalized spacial score (nSPS) is 15.8. The van der Waals surface area contributed by atoms with Gasteiger partial charge >= 0.3 is 0 Å². The van der Waals surface area contributed by atoms with Crippen LogP contribution in [0, 0.1) is 32.1 Å². The number of carbonyl (C=O) groups is 1. The summed E-state index contributed by atoms with van der Waals surface area (Å²) in [6.45, 7) is 6.69. The van der Waals surface area contributed by atoms with Crippen LogP contribution in [0.5, 0.6) is 11.6 Å². The van der Waals surface area contributed by atoms with E-state index in [0.29, 0.717) is 24.5 Å². The molecular formula is C26H26N4O4. The number of aromatic nitrogens is 2. The second-order valence-electron chi connectivity index (χ2n) is 8.34. The predicted molar refractivity (Wildman–Crippen MR) is 128 cm³/mol. The summed E-state index contributed by atoms with van der Waals surface area (Å²) >= 11 is 0. The van der Waals surface area contributed by atoms with Crippen LogP contribution < -0.4 is 15.6 Å². The van der Waals surface area contributed by atoms with Gasteiger partial charge in [0.2, 0.25) is 5.88 Å². The largest absolute Gasteiger partial charge is 0.438 e. The first-order chi connectivity index (χ1) is 16.4. The Bertz CT molecular complexity index is 1380. The first-order valence-corrected chi connectivity index (χ1v) is 11.2. The van der Waals surface area contributed by atoms with Gasteiger partial charge in [0.25, 0.3) is 11.5 Å². The Morgan fingerprint density at radius 1 is 1.29 bits per heavy atom. The number of ether oxygens (including phenoxy) is 2. The molecule has 2 aromatic heterocycles. The number of carbonyl (C=O) groups excluding carboxylic acids is 1. The standard InChI is InChI=1S/C26H26N4O4/c1-16-7-4-10-22(18(16)3)34-25-21(26(32)30-11-5-8-17(2)23(30)29-25)13-19(14-27)24(31)28-15-20-9-6-12-33-20/h4-5,7-8,10-11,13,20H,6,9,12,15H2,1-3H3,(H,28,31)/b19-13+/t20-/m1/s1. The SMILES string of the molecule is Cc1cccc(Oc2nc3c(C)cccn3c(=O)c2/C=C(\C#N)C(=O)NC[C@H]2CCCO2)c1C. The maximum absolute atomic E-state index is 13.4. The highest BCUT2D eigenvalue weighted by Gasteiger charge is 2.20. The van der Waals surface area contributed by atoms with Crippen LogP contribution in [0.25, 0.3) is 11.7 Å². The summed E-state index contributed by atoms with van der Waals surface area (Å²) in [7, 11) is 0. The van der Waals surface area contributed by atoms with Gasteiger partial charge in [-0.15, -0.1) is 0 Å². The van der Waals surface area contributed by atoms with Crippen molar-refractivity contribution in [1.82, 2.24) is 14.7 Å². The van der Waals surface area contributed by atoms with Crippen molar-refractivity contribution < 1.29 is 14.3 Å². The Labute approximate surface area is 197 Å². The lowest BCUT2D eigenvalue weighted by Gasteiger charge is -2.14. The van der Waals surface area contributed by atoms with Crippen molar-refractivity contribution in [2.45, 2.75) is 39.7 Å². The number of hydrogen-bond donors (Lipinski definition) is 1. The second kappa shape index (κ2) is 9.89. The van der Waals surface area contributed by atoms with Gasteiger partial charge in [-0.2, -0.15) is 10.2 Å². The molecule has 0 saturated carbocycles. The van der Waals surface area contributed by atoms with Crippen LogP contribution in [0.3, 0.4) is 0 Å². The van der Waals surface area contributed by atoms with Crippen molar-refractivity contribution in [3.8, 4) is 17.7 Å². The molecule has 3 heterocycles. The molecule has 0 aliphatic carbocycles. The van der Waals surface area contributed by atoms with Gasteiger partial charge in [0, 0.05) is 19.3 Å². The van der Waals surface area contributed by atoms with E-state index in [1.165, 1.54) is 10.5 Å². The molecule has 4 rings (SSSR count). The van der Waals surface area contributed by atoms with E-state index in [0.717, 1.165) is 29.5 Å². The minimum absolute atomic E-state index is 0.0211. The molecule has 1 fully saturated rings. The van der Waals surface area contributed by atoms with E-state index in [1.54, 1.807) is 18.3 Å². The number of amides is 1. The van der Waals surface area contributed by atoms with Crippen molar-refractivity contribution in [1.29, 1.82) is 5.26 Å². The molecule has 1 aliphatic rings. The zero-order valence-electron chi connectivity index (χ0n) is 19.4. The molecule has 1 N–H and O–H groups in total. The molecule has 1 atom stereocenters. The van der Waals surface area contributed by atoms with Crippen molar-refractivity contribution in [2.75, 3.05) is 13.2 Å². The Morgan fingerprint density at radius 2 is 2.09 bits per heavy atom. The van der Waals surface area contributed by atoms with Gasteiger partial charge in [-0.1, -0.05) is 18.2 Å². The number of pyridine rings is 1. The zero-order chi connectivity index (χ0) is 24.2. The number of rotatable bonds is 6. The monoisotopic (exact) mass is 458 g/mol. The smallest absolute Gasteiger partial charge is 0.269 e. The number of fused-ring (bicyclic) bond motifs is 1. The molecule has 8 heteroatoms. The molecular weight excluding hydrogens is 432 g/mol. The lowest BCUT2D eigenvalue weighted by molar-refractivity contribution is -0.117. The quantitative estimate of drug-likeness (QED) is 0.447. The lowest BCUT2D eigenvalue weighted by atomic mass is 10.1. The maximum atomic E-state index is 13.4. The van der Waals surface area contributed by atoms with Crippen LogP contribution in [0.2, 0.25) is 0 Å². The third kappa shape index (κ3) is 4.70. The topological polar surface area (TPSA) is 106 Å². The molecule has 0 unspecified atom stereocenters. The van der Waals surface area contributed by atoms with Crippen molar-refractivity contribution in [3.05, 3.63) is 74.7 Å². The Morgan fingerprint density at radius 3 is 2.82 bits per heavy atom. The van der Waals surface area contributed by atoms with Crippen LogP contribution in [-0.2, 0) is 9.53 Å². The van der Waals surface area contributed by atoms with Gasteiger partial charge in [0.1, 0.15) is 28.6 Å². The third-order valence-electron chi connectivity index (χ3n) is 5.98. The molecule has 3 aromatic rings. The van der Waals surface area contributed by atoms with Gasteiger partial charge in [0.05, 0.1) is 6.10 Å². The second-order valence-corrected chi connectivity index (χ2v) is 8.34. The molecule has 0 bridgehead atoms. The average molecular weight is 459 g/mol. The first kappa shape index (κ1) is 23.2. The maximum Gasteiger partial charge on any atom is 0.269 e. The summed E-state index contributed by atoms with van der Waals surface area (Å²) in [5.74, 6) is -0.00192. The summed E-state index contributed by atoms with van der Waals surface area (Å²) in [5.41, 5.74) is 2.52. The van der Waals surface area contributed by atoms with Crippen LogP contribution >= 0.6 is 0 Å². The van der Waals surface area contributed by atoms with Gasteiger partial charge in [0.15, 0.2) is 0 Å². The van der Waals surface area contributed by atoms with Gasteiger partial charge in [-0.05, 0) is 68.5 Å². The first-order valence-electron chi connectivity index (χ1n) is 11.2. The number of nitrogens with one attached hydrogen (secondary N) is 1. The summed E-state index contributed by atoms with van der Waals surface area (Å²) in [4.78, 5) is 30.7. The minimum Gasteiger partial charge on any atom is -0.438 e. The fourth-order valence-corrected chi connectivity index (χ4v) is 3.83. The highest BCUT2D eigenvalue weighted by Crippen LogP contribution is 2.28. The lowest BCUT2D eigenvalue weighted by Crippen LogP contribution is -2.32. The molecule has 8 nitrogen and oxygen atoms in total. The van der Waals surface area contributed by atoms with Crippen molar-refractivity contribution >= 4 is 17.6 Å². The van der Waals surface area contributed by atoms with Gasteiger partial charge in [-0.3, -0.25) is 14.0 Å². The van der Waals surface area contributed by atoms with E-state index >= 15 is 0 Å². The molecule has 1 amide bonds. The summed E-state index contributed by atoms with van der Waals surface area (Å²) < 4.78 is 13.0. The van der Waals surface area contributed by atoms with Crippen LogP contribution in [0.15, 0.2) is 46.9 Å². The van der Waals surface area contributed by atoms with E-state index in [2.05, 4.69) is 10.3 Å². The predicted octanol–water partition coefficient (Wildman–Crippen LogP) is 3.61. The third-order valence-corrected chi connectivity index (χ3v) is 5.98. The van der Waals surface area contributed by atoms with E-state index in [-0.39, 0.29) is 23.1 Å². The van der Waals surface area contributed by atoms with Gasteiger partial charge < -0.3 is 14.8 Å². The molecule has 0 spiro atoms. The number of nitrogens with zero attached hydrogens (tertiary/aromatic N) is 3. The number of benzene rings is 1. The molecule has 174 valence electrons. The molecule has 1 aliphatic heterocycles. The Kier molecular flexibility index (Phi) is 6.75. The molecule has 0 radical (unpaired) electrons. The average Bonchev–Trinajstić information content (AvgIpc) is 3.35. The Balaban J connectivity index is 1.79. The molecule has 34 heavy (non-hydrogen) atoms. The fraction of sp³-hybridized carbons (Fsp3) is 0.308. The fourth-order valence-electron chi connectivity index (χ4n) is 3.83. The van der Waals surface area contributed by atoms with E-state index in [1.807, 2.05) is 45.0 Å². The van der Waals surface area contributed by atoms with E-state index < -0.39 is 11.5 Å². The Hall–Kier alpha value is -3.96. The highest BCUT2D eigenvalue weighted by atomic mass is 16.5. The van der Waals surface area contributed by atoms with Crippen molar-refractivity contribution in [3.63, 3.8) is 0 Å². The van der Waals surface area contributed by atoms with E-state index in [9.17, 15) is 14.9 Å². The zero-order valence-corrected chi connectivity index (χ0v) is 19.4. The molecule has 1 aromatic carbocycles. The number of nitriles is 1. The number of hydrogen-bond acceptors (Lipinski definition) is 6. The van der Waals surface area contributed by atoms with Gasteiger partial charge in [-0.25, -0.2) is 0 Å². The van der Waals surface area contributed by atoms with Crippen LogP contribution in [0.4, 0.5) is 0 Å². The minimum atomic E-state index is -0.579. The summed E-state index contributed by atoms with van der Waals surface area (Å²) in [5, 5.41) is 12.4. The highest BCUT2D eigenvalue weighted by molar-refractivity contribution is 6.01. The number of aryl methyl sites for hydroxylation is 2. The van der Waals surface area contributed by atoms with Crippen LogP contribution in [0.1, 0.15) is 35.1 Å².